The number of allylic oxidation sites excluding steroid dienone is 3. The lowest BCUT2D eigenvalue weighted by Gasteiger charge is -2.42. The molecular weight excluding hydrogens is 757 g/mol. The summed E-state index contributed by atoms with van der Waals surface area (Å²) in [6.45, 7) is 5.05. The highest BCUT2D eigenvalue weighted by atomic mass is 35.5. The second kappa shape index (κ2) is 15.7. The predicted molar refractivity (Wildman–Crippen MR) is 191 cm³/mol. The molecule has 0 spiro atoms. The van der Waals surface area contributed by atoms with E-state index in [1.807, 2.05) is 6.92 Å². The van der Waals surface area contributed by atoms with E-state index in [2.05, 4.69) is 10.6 Å². The second-order valence-corrected chi connectivity index (χ2v) is 14.2. The van der Waals surface area contributed by atoms with Crippen LogP contribution < -0.4 is 20.3 Å². The highest BCUT2D eigenvalue weighted by Crippen LogP contribution is 2.49. The van der Waals surface area contributed by atoms with Gasteiger partial charge in [-0.15, -0.1) is 0 Å². The number of alkyl carbamates (subject to hydrolysis) is 1. The molecule has 15 nitrogen and oxygen atoms in total. The Balaban J connectivity index is 1.54. The maximum absolute atomic E-state index is 14.0. The fourth-order valence-corrected chi connectivity index (χ4v) is 7.15. The number of nitro groups is 1. The van der Waals surface area contributed by atoms with E-state index < -0.39 is 94.2 Å². The van der Waals surface area contributed by atoms with Crippen molar-refractivity contribution in [2.45, 2.75) is 82.0 Å². The molecule has 3 heterocycles. The maximum atomic E-state index is 14.0. The molecule has 0 aliphatic carbocycles. The number of carbonyl (C=O) groups is 3. The monoisotopic (exact) mass is 796 g/mol. The third-order valence-electron chi connectivity index (χ3n) is 9.96. The van der Waals surface area contributed by atoms with Gasteiger partial charge in [-0.25, -0.2) is 9.59 Å². The predicted octanol–water partition coefficient (Wildman–Crippen LogP) is 6.30. The summed E-state index contributed by atoms with van der Waals surface area (Å²) in [6.07, 6.45) is -6.80. The number of halogens is 4. The summed E-state index contributed by atoms with van der Waals surface area (Å²) in [5.41, 5.74) is -4.55. The number of fused-ring (bicyclic) bond motifs is 5. The summed E-state index contributed by atoms with van der Waals surface area (Å²) in [5, 5.41) is 28.0. The third-order valence-corrected chi connectivity index (χ3v) is 10.3. The molecule has 4 bridgehead atoms. The lowest BCUT2D eigenvalue weighted by atomic mass is 9.83. The first kappa shape index (κ1) is 41.3. The van der Waals surface area contributed by atoms with E-state index in [1.165, 1.54) is 33.1 Å². The van der Waals surface area contributed by atoms with Gasteiger partial charge in [0.05, 0.1) is 35.8 Å². The van der Waals surface area contributed by atoms with Crippen LogP contribution in [-0.4, -0.2) is 85.1 Å². The molecular formula is C36H40ClF3N4O11. The van der Waals surface area contributed by atoms with Crippen molar-refractivity contribution in [2.24, 2.45) is 5.92 Å². The van der Waals surface area contributed by atoms with Crippen LogP contribution in [0.25, 0.3) is 0 Å². The van der Waals surface area contributed by atoms with Crippen molar-refractivity contribution in [3.63, 3.8) is 0 Å². The summed E-state index contributed by atoms with van der Waals surface area (Å²) < 4.78 is 68.3. The third kappa shape index (κ3) is 8.82. The van der Waals surface area contributed by atoms with Gasteiger partial charge in [0, 0.05) is 32.6 Å². The van der Waals surface area contributed by atoms with E-state index in [9.17, 15) is 42.8 Å². The van der Waals surface area contributed by atoms with Crippen molar-refractivity contribution in [1.29, 1.82) is 0 Å². The van der Waals surface area contributed by atoms with Gasteiger partial charge in [-0.05, 0) is 50.1 Å². The van der Waals surface area contributed by atoms with E-state index in [-0.39, 0.29) is 28.9 Å². The quantitative estimate of drug-likeness (QED) is 0.175. The van der Waals surface area contributed by atoms with Crippen LogP contribution in [0.2, 0.25) is 5.02 Å². The first-order valence-corrected chi connectivity index (χ1v) is 17.3. The molecule has 2 fully saturated rings. The number of nitro benzene ring substituents is 1. The average molecular weight is 797 g/mol. The van der Waals surface area contributed by atoms with Crippen molar-refractivity contribution < 1.29 is 61.3 Å². The number of hydrogen-bond acceptors (Lipinski definition) is 11. The Kier molecular flexibility index (Phi) is 11.8. The number of nitrogens with one attached hydrogen (secondary N) is 2. The number of nitrogens with zero attached hydrogens (tertiary/aromatic N) is 2. The molecule has 19 heteroatoms. The van der Waals surface area contributed by atoms with Gasteiger partial charge < -0.3 is 33.7 Å². The van der Waals surface area contributed by atoms with Gasteiger partial charge in [0.2, 0.25) is 5.91 Å². The van der Waals surface area contributed by atoms with Gasteiger partial charge in [-0.2, -0.15) is 13.2 Å². The number of hydrogen-bond donors (Lipinski definition) is 3. The normalized spacial score (nSPS) is 30.1. The Morgan fingerprint density at radius 3 is 2.56 bits per heavy atom. The van der Waals surface area contributed by atoms with Crippen molar-refractivity contribution in [1.82, 2.24) is 5.32 Å². The van der Waals surface area contributed by atoms with Crippen LogP contribution in [0.5, 0.6) is 5.75 Å². The molecule has 3 N–H and O–H groups in total. The van der Waals surface area contributed by atoms with Gasteiger partial charge in [0.25, 0.3) is 5.69 Å². The van der Waals surface area contributed by atoms with Crippen molar-refractivity contribution in [3.05, 3.63) is 80.4 Å². The van der Waals surface area contributed by atoms with E-state index in [0.717, 1.165) is 5.57 Å². The first-order chi connectivity index (χ1) is 25.7. The number of methoxy groups -OCH3 is 2. The molecule has 2 saturated heterocycles. The molecule has 5 rings (SSSR count). The van der Waals surface area contributed by atoms with Crippen LogP contribution >= 0.6 is 11.6 Å². The SMILES string of the molecule is COc1cc2cc(c1Cl)N(C)C(=O)C[C@H](OC(=O)Nc1ccc(C(F)(F)F)cc1[N+](=O)[O-])[C@]1(C)O[C@H]1[C@H](C)[C@@H]1C[C@@](O)(NC(=O)O1)[C@H](OC)/C=C/C=C(\C)C2. The summed E-state index contributed by atoms with van der Waals surface area (Å²) in [5.74, 6) is -1.05. The Labute approximate surface area is 318 Å². The van der Waals surface area contributed by atoms with Crippen molar-refractivity contribution in [2.75, 3.05) is 31.5 Å². The number of epoxide rings is 1. The molecule has 7 atom stereocenters. The Morgan fingerprint density at radius 2 is 1.93 bits per heavy atom. The fraction of sp³-hybridized carbons (Fsp3) is 0.472. The van der Waals surface area contributed by atoms with Crippen molar-refractivity contribution in [3.8, 4) is 5.75 Å². The van der Waals surface area contributed by atoms with Gasteiger partial charge in [0.1, 0.15) is 40.4 Å². The lowest BCUT2D eigenvalue weighted by Crippen LogP contribution is -2.63. The van der Waals surface area contributed by atoms with Crippen LogP contribution in [-0.2, 0) is 36.3 Å². The van der Waals surface area contributed by atoms with Crippen LogP contribution in [0.3, 0.4) is 0 Å². The standard InChI is InChI=1S/C36H40ClF3N4O11/c1-18-8-7-9-27(52-6)35(48)17-26(53-33(47)42-35)19(2)31-34(3,55-31)28(16-29(45)43(4)24-13-20(12-18)14-25(51-5)30(24)37)54-32(46)41-22-11-10-21(36(38,39)40)15-23(22)44(49)50/h7-11,13-15,19,26-28,31,48H,12,16-17H2,1-6H3,(H,41,46)(H,42,47)/b9-7+,18-8+/t19-,26+,27-,28+,31+,34+,35+/m1/s1. The highest BCUT2D eigenvalue weighted by molar-refractivity contribution is 6.35. The highest BCUT2D eigenvalue weighted by Gasteiger charge is 2.64. The Bertz CT molecular complexity index is 1930. The average Bonchev–Trinajstić information content (AvgIpc) is 3.80. The van der Waals surface area contributed by atoms with Gasteiger partial charge in [0.15, 0.2) is 5.72 Å². The molecule has 0 aromatic heterocycles. The van der Waals surface area contributed by atoms with Crippen LogP contribution in [0, 0.1) is 16.0 Å². The molecule has 55 heavy (non-hydrogen) atoms. The molecule has 2 aromatic carbocycles. The van der Waals surface area contributed by atoms with Gasteiger partial charge in [-0.3, -0.25) is 25.5 Å². The summed E-state index contributed by atoms with van der Waals surface area (Å²) >= 11 is 6.68. The smallest absolute Gasteiger partial charge is 0.416 e. The maximum Gasteiger partial charge on any atom is 0.416 e. The summed E-state index contributed by atoms with van der Waals surface area (Å²) in [7, 11) is 4.22. The minimum Gasteiger partial charge on any atom is -0.495 e. The summed E-state index contributed by atoms with van der Waals surface area (Å²) in [4.78, 5) is 52.0. The molecule has 3 aliphatic heterocycles. The zero-order valence-corrected chi connectivity index (χ0v) is 31.3. The lowest BCUT2D eigenvalue weighted by molar-refractivity contribution is -0.384. The molecule has 3 amide bonds. The molecule has 2 aromatic rings. The largest absolute Gasteiger partial charge is 0.495 e. The van der Waals surface area contributed by atoms with E-state index in [1.54, 1.807) is 37.3 Å². The van der Waals surface area contributed by atoms with Crippen LogP contribution in [0.4, 0.5) is 39.8 Å². The Hall–Kier alpha value is -4.91. The number of rotatable bonds is 5. The molecule has 3 aliphatic rings. The number of aliphatic hydroxyl groups is 1. The number of ether oxygens (including phenoxy) is 5. The van der Waals surface area contributed by atoms with Crippen LogP contribution in [0.15, 0.2) is 54.1 Å². The topological polar surface area (TPSA) is 191 Å². The fourth-order valence-electron chi connectivity index (χ4n) is 6.84. The van der Waals surface area contributed by atoms with Gasteiger partial charge >= 0.3 is 18.4 Å². The minimum absolute atomic E-state index is 0.109. The molecule has 0 saturated carbocycles. The number of amides is 3. The number of benzene rings is 2. The van der Waals surface area contributed by atoms with E-state index in [0.29, 0.717) is 24.1 Å². The van der Waals surface area contributed by atoms with Crippen LogP contribution in [0.1, 0.15) is 44.7 Å². The minimum atomic E-state index is -4.90. The second-order valence-electron chi connectivity index (χ2n) is 13.8. The van der Waals surface area contributed by atoms with Gasteiger partial charge in [-0.1, -0.05) is 42.3 Å². The first-order valence-electron chi connectivity index (χ1n) is 16.9. The molecule has 0 unspecified atom stereocenters. The summed E-state index contributed by atoms with van der Waals surface area (Å²) in [6, 6.07) is 4.92. The number of alkyl halides is 3. The molecule has 0 radical (unpaired) electrons. The number of carbonyl (C=O) groups excluding carboxylic acids is 3. The molecule has 298 valence electrons. The zero-order valence-electron chi connectivity index (χ0n) is 30.6. The number of anilines is 2. The van der Waals surface area contributed by atoms with E-state index >= 15 is 0 Å². The Morgan fingerprint density at radius 1 is 1.22 bits per heavy atom. The van der Waals surface area contributed by atoms with Crippen molar-refractivity contribution >= 4 is 46.8 Å². The van der Waals surface area contributed by atoms with E-state index in [4.69, 9.17) is 35.3 Å². The zero-order chi connectivity index (χ0) is 40.6.